The fourth-order valence-corrected chi connectivity index (χ4v) is 3.34. The van der Waals surface area contributed by atoms with Crippen molar-refractivity contribution in [3.8, 4) is 0 Å². The maximum Gasteiger partial charge on any atom is 0.164 e. The standard InChI is InChI=1S/C17H25NO3/c1-17(2)9-15(20)12(16(21)10-17)7-8-14(19)11-5-3-4-6-13(11)18/h3-6,12,15-16,20-21H,7-10,18H2,1-2H3. The summed E-state index contributed by atoms with van der Waals surface area (Å²) in [6, 6.07) is 7.01. The van der Waals surface area contributed by atoms with E-state index in [9.17, 15) is 15.0 Å². The van der Waals surface area contributed by atoms with Crippen LogP contribution in [0.4, 0.5) is 5.69 Å². The number of rotatable bonds is 4. The Morgan fingerprint density at radius 1 is 1.24 bits per heavy atom. The van der Waals surface area contributed by atoms with Gasteiger partial charge in [-0.2, -0.15) is 0 Å². The minimum atomic E-state index is -0.551. The van der Waals surface area contributed by atoms with Crippen molar-refractivity contribution in [2.24, 2.45) is 11.3 Å². The third-order valence-electron chi connectivity index (χ3n) is 4.48. The van der Waals surface area contributed by atoms with E-state index in [2.05, 4.69) is 0 Å². The van der Waals surface area contributed by atoms with E-state index >= 15 is 0 Å². The third kappa shape index (κ3) is 3.83. The summed E-state index contributed by atoms with van der Waals surface area (Å²) < 4.78 is 0. The van der Waals surface area contributed by atoms with E-state index in [1.54, 1.807) is 24.3 Å². The lowest BCUT2D eigenvalue weighted by Gasteiger charge is -2.41. The highest BCUT2D eigenvalue weighted by atomic mass is 16.3. The summed E-state index contributed by atoms with van der Waals surface area (Å²) in [7, 11) is 0. The Labute approximate surface area is 126 Å². The first-order valence-corrected chi connectivity index (χ1v) is 7.54. The van der Waals surface area contributed by atoms with E-state index in [1.165, 1.54) is 0 Å². The topological polar surface area (TPSA) is 83.5 Å². The highest BCUT2D eigenvalue weighted by molar-refractivity contribution is 6.00. The van der Waals surface area contributed by atoms with E-state index in [0.29, 0.717) is 36.9 Å². The summed E-state index contributed by atoms with van der Waals surface area (Å²) >= 11 is 0. The Balaban J connectivity index is 1.97. The summed E-state index contributed by atoms with van der Waals surface area (Å²) in [4.78, 5) is 12.2. The molecule has 21 heavy (non-hydrogen) atoms. The van der Waals surface area contributed by atoms with Gasteiger partial charge >= 0.3 is 0 Å². The van der Waals surface area contributed by atoms with E-state index in [0.717, 1.165) is 0 Å². The highest BCUT2D eigenvalue weighted by Crippen LogP contribution is 2.40. The number of aliphatic hydroxyl groups excluding tert-OH is 2. The molecule has 0 radical (unpaired) electrons. The van der Waals surface area contributed by atoms with Crippen LogP contribution in [0.25, 0.3) is 0 Å². The van der Waals surface area contributed by atoms with Crippen molar-refractivity contribution >= 4 is 11.5 Å². The van der Waals surface area contributed by atoms with Gasteiger partial charge in [0.15, 0.2) is 5.78 Å². The first-order chi connectivity index (χ1) is 9.80. The summed E-state index contributed by atoms with van der Waals surface area (Å²) in [5.41, 5.74) is 6.75. The van der Waals surface area contributed by atoms with Crippen molar-refractivity contribution in [2.75, 3.05) is 5.73 Å². The molecule has 1 fully saturated rings. The van der Waals surface area contributed by atoms with Crippen LogP contribution < -0.4 is 5.73 Å². The van der Waals surface area contributed by atoms with Gasteiger partial charge in [0, 0.05) is 23.6 Å². The van der Waals surface area contributed by atoms with Crippen LogP contribution in [0.15, 0.2) is 24.3 Å². The Kier molecular flexibility index (Phi) is 4.69. The van der Waals surface area contributed by atoms with Crippen LogP contribution in [0.2, 0.25) is 0 Å². The van der Waals surface area contributed by atoms with Gasteiger partial charge in [-0.15, -0.1) is 0 Å². The number of anilines is 1. The molecule has 1 saturated carbocycles. The van der Waals surface area contributed by atoms with Gasteiger partial charge in [-0.1, -0.05) is 26.0 Å². The molecule has 2 rings (SSSR count). The summed E-state index contributed by atoms with van der Waals surface area (Å²) in [6.45, 7) is 4.09. The van der Waals surface area contributed by atoms with Crippen LogP contribution >= 0.6 is 0 Å². The van der Waals surface area contributed by atoms with Crippen LogP contribution in [0.3, 0.4) is 0 Å². The second-order valence-electron chi connectivity index (χ2n) is 6.92. The molecule has 1 aliphatic rings. The number of nitrogens with two attached hydrogens (primary N) is 1. The normalized spacial score (nSPS) is 28.3. The average Bonchev–Trinajstić information content (AvgIpc) is 2.36. The van der Waals surface area contributed by atoms with E-state index in [-0.39, 0.29) is 17.1 Å². The van der Waals surface area contributed by atoms with Gasteiger partial charge in [-0.05, 0) is 36.8 Å². The molecule has 116 valence electrons. The van der Waals surface area contributed by atoms with Gasteiger partial charge in [0.2, 0.25) is 0 Å². The van der Waals surface area contributed by atoms with Gasteiger partial charge in [-0.3, -0.25) is 4.79 Å². The van der Waals surface area contributed by atoms with E-state index in [4.69, 9.17) is 5.73 Å². The maximum absolute atomic E-state index is 12.2. The fourth-order valence-electron chi connectivity index (χ4n) is 3.34. The third-order valence-corrected chi connectivity index (χ3v) is 4.48. The largest absolute Gasteiger partial charge is 0.398 e. The molecule has 0 amide bonds. The summed E-state index contributed by atoms with van der Waals surface area (Å²) in [6.07, 6.45) is 1.01. The molecule has 0 saturated heterocycles. The number of hydrogen-bond donors (Lipinski definition) is 3. The molecule has 0 spiro atoms. The molecular formula is C17H25NO3. The quantitative estimate of drug-likeness (QED) is 0.587. The maximum atomic E-state index is 12.2. The van der Waals surface area contributed by atoms with Crippen molar-refractivity contribution in [1.29, 1.82) is 0 Å². The number of hydrogen-bond acceptors (Lipinski definition) is 4. The van der Waals surface area contributed by atoms with Crippen molar-refractivity contribution < 1.29 is 15.0 Å². The lowest BCUT2D eigenvalue weighted by atomic mass is 9.68. The summed E-state index contributed by atoms with van der Waals surface area (Å²) in [5.74, 6) is -0.260. The van der Waals surface area contributed by atoms with E-state index in [1.807, 2.05) is 13.8 Å². The predicted octanol–water partition coefficient (Wildman–Crippen LogP) is 2.39. The minimum Gasteiger partial charge on any atom is -0.398 e. The monoisotopic (exact) mass is 291 g/mol. The number of Topliss-reactive ketones (excluding diaryl/α,β-unsaturated/α-hetero) is 1. The van der Waals surface area contributed by atoms with E-state index < -0.39 is 12.2 Å². The molecule has 1 aromatic carbocycles. The highest BCUT2D eigenvalue weighted by Gasteiger charge is 2.39. The second-order valence-corrected chi connectivity index (χ2v) is 6.92. The lowest BCUT2D eigenvalue weighted by Crippen LogP contribution is -2.43. The van der Waals surface area contributed by atoms with Crippen LogP contribution in [0.1, 0.15) is 49.9 Å². The number of carbonyl (C=O) groups is 1. The van der Waals surface area contributed by atoms with Crippen LogP contribution in [0, 0.1) is 11.3 Å². The molecule has 4 N–H and O–H groups in total. The molecule has 1 aliphatic carbocycles. The van der Waals surface area contributed by atoms with Gasteiger partial charge < -0.3 is 15.9 Å². The zero-order valence-corrected chi connectivity index (χ0v) is 12.7. The molecule has 0 aromatic heterocycles. The minimum absolute atomic E-state index is 0.0302. The van der Waals surface area contributed by atoms with Crippen molar-refractivity contribution in [3.63, 3.8) is 0 Å². The van der Waals surface area contributed by atoms with Crippen LogP contribution in [-0.2, 0) is 0 Å². The number of para-hydroxylation sites is 1. The molecule has 2 unspecified atom stereocenters. The Morgan fingerprint density at radius 3 is 2.38 bits per heavy atom. The van der Waals surface area contributed by atoms with Crippen molar-refractivity contribution in [2.45, 2.75) is 51.7 Å². The fraction of sp³-hybridized carbons (Fsp3) is 0.588. The van der Waals surface area contributed by atoms with Crippen molar-refractivity contribution in [3.05, 3.63) is 29.8 Å². The molecular weight excluding hydrogens is 266 g/mol. The molecule has 2 atom stereocenters. The first kappa shape index (κ1) is 16.0. The molecule has 0 heterocycles. The molecule has 1 aromatic rings. The lowest BCUT2D eigenvalue weighted by molar-refractivity contribution is -0.0706. The Morgan fingerprint density at radius 2 is 1.81 bits per heavy atom. The number of aliphatic hydroxyl groups is 2. The average molecular weight is 291 g/mol. The zero-order chi connectivity index (χ0) is 15.6. The molecule has 4 nitrogen and oxygen atoms in total. The number of ketones is 1. The zero-order valence-electron chi connectivity index (χ0n) is 12.7. The van der Waals surface area contributed by atoms with Gasteiger partial charge in [0.25, 0.3) is 0 Å². The number of benzene rings is 1. The molecule has 4 heteroatoms. The smallest absolute Gasteiger partial charge is 0.164 e. The molecule has 0 bridgehead atoms. The first-order valence-electron chi connectivity index (χ1n) is 7.54. The Bertz CT molecular complexity index is 499. The van der Waals surface area contributed by atoms with Gasteiger partial charge in [0.1, 0.15) is 0 Å². The summed E-state index contributed by atoms with van der Waals surface area (Å²) in [5, 5.41) is 20.4. The predicted molar refractivity (Wildman–Crippen MR) is 82.9 cm³/mol. The van der Waals surface area contributed by atoms with Gasteiger partial charge in [0.05, 0.1) is 12.2 Å². The van der Waals surface area contributed by atoms with Gasteiger partial charge in [-0.25, -0.2) is 0 Å². The SMILES string of the molecule is CC1(C)CC(O)C(CCC(=O)c2ccccc2N)C(O)C1. The Hall–Kier alpha value is -1.39. The van der Waals surface area contributed by atoms with Crippen LogP contribution in [0.5, 0.6) is 0 Å². The van der Waals surface area contributed by atoms with Crippen molar-refractivity contribution in [1.82, 2.24) is 0 Å². The molecule has 0 aliphatic heterocycles. The number of carbonyl (C=O) groups excluding carboxylic acids is 1. The van der Waals surface area contributed by atoms with Crippen LogP contribution in [-0.4, -0.2) is 28.2 Å². The number of nitrogen functional groups attached to an aromatic ring is 1. The second kappa shape index (κ2) is 6.16.